The molecule has 22 heavy (non-hydrogen) atoms. The third-order valence-corrected chi connectivity index (χ3v) is 4.03. The highest BCUT2D eigenvalue weighted by Crippen LogP contribution is 2.28. The molecule has 0 bridgehead atoms. The van der Waals surface area contributed by atoms with Gasteiger partial charge in [0.25, 0.3) is 0 Å². The van der Waals surface area contributed by atoms with Gasteiger partial charge in [-0.25, -0.2) is 9.07 Å². The molecule has 6 heteroatoms. The Morgan fingerprint density at radius 1 is 1.41 bits per heavy atom. The summed E-state index contributed by atoms with van der Waals surface area (Å²) in [7, 11) is 0. The van der Waals surface area contributed by atoms with E-state index in [0.29, 0.717) is 17.6 Å². The molecular formula is C16H20ClFN4. The Hall–Kier alpha value is -1.46. The number of aromatic nitrogens is 3. The number of hydrogen-bond donors (Lipinski definition) is 0. The van der Waals surface area contributed by atoms with E-state index >= 15 is 0 Å². The Kier molecular flexibility index (Phi) is 4.45. The van der Waals surface area contributed by atoms with Gasteiger partial charge in [0, 0.05) is 19.1 Å². The van der Waals surface area contributed by atoms with E-state index in [1.165, 1.54) is 18.9 Å². The van der Waals surface area contributed by atoms with Crippen molar-refractivity contribution in [1.29, 1.82) is 0 Å². The maximum atomic E-state index is 13.2. The van der Waals surface area contributed by atoms with Crippen LogP contribution in [0.4, 0.5) is 4.39 Å². The Balaban J connectivity index is 1.73. The van der Waals surface area contributed by atoms with Crippen LogP contribution in [0.1, 0.15) is 32.4 Å². The molecule has 4 nitrogen and oxygen atoms in total. The van der Waals surface area contributed by atoms with Gasteiger partial charge < -0.3 is 0 Å². The van der Waals surface area contributed by atoms with Crippen LogP contribution in [0.3, 0.4) is 0 Å². The molecule has 3 rings (SSSR count). The Labute approximate surface area is 134 Å². The van der Waals surface area contributed by atoms with Crippen LogP contribution < -0.4 is 0 Å². The summed E-state index contributed by atoms with van der Waals surface area (Å²) in [6.07, 6.45) is 4.43. The van der Waals surface area contributed by atoms with Crippen molar-refractivity contribution in [2.45, 2.75) is 39.3 Å². The lowest BCUT2D eigenvalue weighted by Gasteiger charge is -2.22. The second kappa shape index (κ2) is 6.34. The highest BCUT2D eigenvalue weighted by molar-refractivity contribution is 6.30. The van der Waals surface area contributed by atoms with Crippen LogP contribution in [-0.4, -0.2) is 32.5 Å². The molecule has 1 heterocycles. The minimum absolute atomic E-state index is 0.0916. The van der Waals surface area contributed by atoms with Gasteiger partial charge in [0.1, 0.15) is 5.82 Å². The van der Waals surface area contributed by atoms with E-state index in [0.717, 1.165) is 18.8 Å². The molecule has 118 valence electrons. The van der Waals surface area contributed by atoms with Gasteiger partial charge in [-0.15, -0.1) is 5.10 Å². The van der Waals surface area contributed by atoms with Gasteiger partial charge >= 0.3 is 0 Å². The van der Waals surface area contributed by atoms with Crippen molar-refractivity contribution in [3.8, 4) is 5.69 Å². The lowest BCUT2D eigenvalue weighted by molar-refractivity contribution is 0.223. The molecule has 1 aromatic carbocycles. The van der Waals surface area contributed by atoms with E-state index in [-0.39, 0.29) is 5.02 Å². The molecular weight excluding hydrogens is 303 g/mol. The zero-order valence-electron chi connectivity index (χ0n) is 12.8. The van der Waals surface area contributed by atoms with Crippen molar-refractivity contribution < 1.29 is 4.39 Å². The first kappa shape index (κ1) is 15.4. The number of halogens is 2. The smallest absolute Gasteiger partial charge is 0.141 e. The molecule has 0 spiro atoms. The average molecular weight is 323 g/mol. The minimum Gasteiger partial charge on any atom is -0.294 e. The normalized spacial score (nSPS) is 15.0. The van der Waals surface area contributed by atoms with Gasteiger partial charge in [-0.05, 0) is 37.0 Å². The predicted molar refractivity (Wildman–Crippen MR) is 84.6 cm³/mol. The molecule has 0 N–H and O–H groups in total. The first-order valence-electron chi connectivity index (χ1n) is 7.63. The molecule has 1 aromatic heterocycles. The molecule has 0 atom stereocenters. The number of hydrogen-bond acceptors (Lipinski definition) is 3. The fourth-order valence-corrected chi connectivity index (χ4v) is 2.76. The zero-order valence-corrected chi connectivity index (χ0v) is 13.6. The monoisotopic (exact) mass is 322 g/mol. The maximum Gasteiger partial charge on any atom is 0.141 e. The van der Waals surface area contributed by atoms with E-state index in [1.54, 1.807) is 16.8 Å². The fourth-order valence-electron chi connectivity index (χ4n) is 2.58. The minimum atomic E-state index is -0.428. The molecule has 0 saturated heterocycles. The van der Waals surface area contributed by atoms with Gasteiger partial charge in [-0.3, -0.25) is 4.90 Å². The third kappa shape index (κ3) is 3.65. The standard InChI is InChI=1S/C16H20ClFN4/c1-11(2)8-21(13-3-4-13)9-12-10-22(20-19-12)14-5-6-16(18)15(17)7-14/h5-7,10-11,13H,3-4,8-9H2,1-2H3. The van der Waals surface area contributed by atoms with Gasteiger partial charge in [0.05, 0.1) is 22.6 Å². The molecule has 0 unspecified atom stereocenters. The number of benzene rings is 1. The summed E-state index contributed by atoms with van der Waals surface area (Å²) < 4.78 is 14.9. The zero-order chi connectivity index (χ0) is 15.7. The van der Waals surface area contributed by atoms with Crippen LogP contribution in [-0.2, 0) is 6.54 Å². The first-order chi connectivity index (χ1) is 10.5. The molecule has 0 radical (unpaired) electrons. The van der Waals surface area contributed by atoms with E-state index in [1.807, 2.05) is 6.20 Å². The lowest BCUT2D eigenvalue weighted by Crippen LogP contribution is -2.29. The van der Waals surface area contributed by atoms with Crippen LogP contribution >= 0.6 is 11.6 Å². The van der Waals surface area contributed by atoms with Crippen LogP contribution in [0.5, 0.6) is 0 Å². The van der Waals surface area contributed by atoms with Crippen molar-refractivity contribution in [2.75, 3.05) is 6.54 Å². The van der Waals surface area contributed by atoms with Crippen molar-refractivity contribution in [3.63, 3.8) is 0 Å². The van der Waals surface area contributed by atoms with Crippen LogP contribution in [0, 0.1) is 11.7 Å². The quantitative estimate of drug-likeness (QED) is 0.813. The van der Waals surface area contributed by atoms with Crippen molar-refractivity contribution >= 4 is 11.6 Å². The first-order valence-corrected chi connectivity index (χ1v) is 8.01. The molecule has 0 amide bonds. The van der Waals surface area contributed by atoms with E-state index in [9.17, 15) is 4.39 Å². The van der Waals surface area contributed by atoms with E-state index < -0.39 is 5.82 Å². The van der Waals surface area contributed by atoms with E-state index in [2.05, 4.69) is 29.1 Å². The topological polar surface area (TPSA) is 34.0 Å². The summed E-state index contributed by atoms with van der Waals surface area (Å²) in [6.45, 7) is 6.33. The summed E-state index contributed by atoms with van der Waals surface area (Å²) in [4.78, 5) is 2.47. The average Bonchev–Trinajstić information content (AvgIpc) is 3.21. The van der Waals surface area contributed by atoms with Crippen LogP contribution in [0.15, 0.2) is 24.4 Å². The predicted octanol–water partition coefficient (Wildman–Crippen LogP) is 3.68. The lowest BCUT2D eigenvalue weighted by atomic mass is 10.2. The highest BCUT2D eigenvalue weighted by Gasteiger charge is 2.29. The van der Waals surface area contributed by atoms with Crippen molar-refractivity contribution in [2.24, 2.45) is 5.92 Å². The fraction of sp³-hybridized carbons (Fsp3) is 0.500. The Morgan fingerprint density at radius 2 is 2.18 bits per heavy atom. The third-order valence-electron chi connectivity index (χ3n) is 3.74. The van der Waals surface area contributed by atoms with Gasteiger partial charge in [-0.2, -0.15) is 0 Å². The summed E-state index contributed by atoms with van der Waals surface area (Å²) in [6, 6.07) is 5.23. The molecule has 1 saturated carbocycles. The number of rotatable bonds is 6. The van der Waals surface area contributed by atoms with Gasteiger partial charge in [0.15, 0.2) is 0 Å². The molecule has 1 aliphatic rings. The summed E-state index contributed by atoms with van der Waals surface area (Å²) in [5.41, 5.74) is 1.64. The molecule has 1 aliphatic carbocycles. The van der Waals surface area contributed by atoms with Crippen LogP contribution in [0.2, 0.25) is 5.02 Å². The SMILES string of the molecule is CC(C)CN(Cc1cn(-c2ccc(F)c(Cl)c2)nn1)C1CC1. The van der Waals surface area contributed by atoms with Crippen LogP contribution in [0.25, 0.3) is 5.69 Å². The Bertz CT molecular complexity index is 651. The van der Waals surface area contributed by atoms with Gasteiger partial charge in [0.2, 0.25) is 0 Å². The Morgan fingerprint density at radius 3 is 2.82 bits per heavy atom. The number of nitrogens with zero attached hydrogens (tertiary/aromatic N) is 4. The van der Waals surface area contributed by atoms with Gasteiger partial charge in [-0.1, -0.05) is 30.7 Å². The summed E-state index contributed by atoms with van der Waals surface area (Å²) >= 11 is 5.82. The summed E-state index contributed by atoms with van der Waals surface area (Å²) in [5.74, 6) is 0.203. The molecule has 0 aliphatic heterocycles. The van der Waals surface area contributed by atoms with Crippen molar-refractivity contribution in [3.05, 3.63) is 40.9 Å². The second-order valence-electron chi connectivity index (χ2n) is 6.31. The van der Waals surface area contributed by atoms with Crippen molar-refractivity contribution in [1.82, 2.24) is 19.9 Å². The highest BCUT2D eigenvalue weighted by atomic mass is 35.5. The molecule has 2 aromatic rings. The second-order valence-corrected chi connectivity index (χ2v) is 6.71. The van der Waals surface area contributed by atoms with E-state index in [4.69, 9.17) is 11.6 Å². The maximum absolute atomic E-state index is 13.2. The summed E-state index contributed by atoms with van der Waals surface area (Å²) in [5, 5.41) is 8.46. The largest absolute Gasteiger partial charge is 0.294 e. The molecule has 1 fully saturated rings.